The second-order valence-electron chi connectivity index (χ2n) is 6.70. The minimum Gasteiger partial charge on any atom is -0.486 e. The van der Waals surface area contributed by atoms with Crippen molar-refractivity contribution in [3.8, 4) is 17.2 Å². The summed E-state index contributed by atoms with van der Waals surface area (Å²) >= 11 is 0. The molecule has 1 saturated heterocycles. The largest absolute Gasteiger partial charge is 0.486 e. The molecule has 0 spiro atoms. The number of carbonyl (C=O) groups is 1. The van der Waals surface area contributed by atoms with Crippen LogP contribution in [0.1, 0.15) is 5.82 Å². The van der Waals surface area contributed by atoms with E-state index in [-0.39, 0.29) is 12.1 Å². The highest BCUT2D eigenvalue weighted by atomic mass is 16.5. The molecule has 8 heteroatoms. The molecule has 2 aromatic carbocycles. The molecule has 2 amide bonds. The van der Waals surface area contributed by atoms with E-state index in [9.17, 15) is 4.79 Å². The molecular formula is C21H22N4O4. The number of methoxy groups -OCH3 is 1. The number of carbonyl (C=O) groups excluding carboxylic acids is 1. The van der Waals surface area contributed by atoms with Gasteiger partial charge < -0.3 is 24.2 Å². The van der Waals surface area contributed by atoms with Gasteiger partial charge in [0.05, 0.1) is 25.3 Å². The molecule has 2 heterocycles. The van der Waals surface area contributed by atoms with Crippen molar-refractivity contribution in [3.05, 3.63) is 60.4 Å². The Balaban J connectivity index is 1.35. The molecule has 3 aromatic rings. The summed E-state index contributed by atoms with van der Waals surface area (Å²) in [7, 11) is 1.63. The number of benzene rings is 2. The summed E-state index contributed by atoms with van der Waals surface area (Å²) in [6.07, 6.45) is 0.491. The topological polar surface area (TPSA) is 89.7 Å². The first-order chi connectivity index (χ1) is 14.2. The van der Waals surface area contributed by atoms with Gasteiger partial charge in [-0.2, -0.15) is 4.98 Å². The molecule has 150 valence electrons. The van der Waals surface area contributed by atoms with Crippen LogP contribution in [0.3, 0.4) is 0 Å². The summed E-state index contributed by atoms with van der Waals surface area (Å²) < 4.78 is 16.5. The average Bonchev–Trinajstić information content (AvgIpc) is 3.18. The standard InChI is InChI=1S/C21H22N4O4/c1-27-12-11-19-23-20(29-24-19)17-9-5-6-10-18(17)28-16-13-25(14-16)21(26)22-15-7-3-2-4-8-15/h2-10,16H,11-14H2,1H3,(H,22,26). The van der Waals surface area contributed by atoms with E-state index in [1.807, 2.05) is 54.6 Å². The monoisotopic (exact) mass is 394 g/mol. The first-order valence-corrected chi connectivity index (χ1v) is 9.41. The number of para-hydroxylation sites is 2. The van der Waals surface area contributed by atoms with Gasteiger partial charge >= 0.3 is 6.03 Å². The summed E-state index contributed by atoms with van der Waals surface area (Å²) in [4.78, 5) is 18.4. The van der Waals surface area contributed by atoms with Crippen molar-refractivity contribution in [2.24, 2.45) is 0 Å². The maximum atomic E-state index is 12.3. The first kappa shape index (κ1) is 18.9. The van der Waals surface area contributed by atoms with Crippen LogP contribution in [0.2, 0.25) is 0 Å². The smallest absolute Gasteiger partial charge is 0.322 e. The number of urea groups is 1. The zero-order valence-corrected chi connectivity index (χ0v) is 16.1. The van der Waals surface area contributed by atoms with Gasteiger partial charge in [-0.25, -0.2) is 4.79 Å². The Hall–Kier alpha value is -3.39. The summed E-state index contributed by atoms with van der Waals surface area (Å²) in [5.41, 5.74) is 1.50. The molecule has 29 heavy (non-hydrogen) atoms. The number of amides is 2. The summed E-state index contributed by atoms with van der Waals surface area (Å²) in [6, 6.07) is 16.8. The summed E-state index contributed by atoms with van der Waals surface area (Å²) in [5, 5.41) is 6.85. The van der Waals surface area contributed by atoms with Crippen molar-refractivity contribution in [3.63, 3.8) is 0 Å². The predicted molar refractivity (Wildman–Crippen MR) is 107 cm³/mol. The number of hydrogen-bond acceptors (Lipinski definition) is 6. The van der Waals surface area contributed by atoms with E-state index in [0.29, 0.717) is 43.6 Å². The Morgan fingerprint density at radius 1 is 1.17 bits per heavy atom. The first-order valence-electron chi connectivity index (χ1n) is 9.41. The minimum absolute atomic E-state index is 0.0893. The molecule has 0 bridgehead atoms. The van der Waals surface area contributed by atoms with Crippen molar-refractivity contribution in [2.75, 3.05) is 32.1 Å². The van der Waals surface area contributed by atoms with Crippen LogP contribution in [-0.4, -0.2) is 54.0 Å². The van der Waals surface area contributed by atoms with Crippen LogP contribution in [0.4, 0.5) is 10.5 Å². The van der Waals surface area contributed by atoms with Crippen molar-refractivity contribution in [2.45, 2.75) is 12.5 Å². The normalized spacial score (nSPS) is 13.8. The molecular weight excluding hydrogens is 372 g/mol. The van der Waals surface area contributed by atoms with Crippen molar-refractivity contribution in [1.29, 1.82) is 0 Å². The molecule has 0 unspecified atom stereocenters. The third-order valence-electron chi connectivity index (χ3n) is 4.57. The maximum absolute atomic E-state index is 12.3. The van der Waals surface area contributed by atoms with Crippen LogP contribution in [0.25, 0.3) is 11.5 Å². The van der Waals surface area contributed by atoms with E-state index in [1.165, 1.54) is 0 Å². The second kappa shape index (κ2) is 8.74. The van der Waals surface area contributed by atoms with Crippen LogP contribution in [0.5, 0.6) is 5.75 Å². The zero-order chi connectivity index (χ0) is 20.1. The van der Waals surface area contributed by atoms with E-state index in [2.05, 4.69) is 15.5 Å². The van der Waals surface area contributed by atoms with Crippen molar-refractivity contribution in [1.82, 2.24) is 15.0 Å². The molecule has 0 radical (unpaired) electrons. The molecule has 0 atom stereocenters. The average molecular weight is 394 g/mol. The fraction of sp³-hybridized carbons (Fsp3) is 0.286. The lowest BCUT2D eigenvalue weighted by Crippen LogP contribution is -2.57. The molecule has 8 nitrogen and oxygen atoms in total. The Morgan fingerprint density at radius 3 is 2.72 bits per heavy atom. The van der Waals surface area contributed by atoms with Gasteiger partial charge in [0.1, 0.15) is 11.9 Å². The third-order valence-corrected chi connectivity index (χ3v) is 4.57. The molecule has 1 aliphatic rings. The van der Waals surface area contributed by atoms with Gasteiger partial charge in [0.15, 0.2) is 5.82 Å². The van der Waals surface area contributed by atoms with E-state index in [4.69, 9.17) is 14.0 Å². The number of hydrogen-bond donors (Lipinski definition) is 1. The van der Waals surface area contributed by atoms with Crippen LogP contribution >= 0.6 is 0 Å². The quantitative estimate of drug-likeness (QED) is 0.662. The second-order valence-corrected chi connectivity index (χ2v) is 6.70. The highest BCUT2D eigenvalue weighted by Gasteiger charge is 2.33. The minimum atomic E-state index is -0.135. The Morgan fingerprint density at radius 2 is 1.93 bits per heavy atom. The van der Waals surface area contributed by atoms with E-state index in [1.54, 1.807) is 12.0 Å². The maximum Gasteiger partial charge on any atom is 0.322 e. The van der Waals surface area contributed by atoms with E-state index < -0.39 is 0 Å². The number of nitrogens with one attached hydrogen (secondary N) is 1. The third kappa shape index (κ3) is 4.55. The van der Waals surface area contributed by atoms with Gasteiger partial charge in [-0.15, -0.1) is 0 Å². The SMILES string of the molecule is COCCc1noc(-c2ccccc2OC2CN(C(=O)Nc3ccccc3)C2)n1. The fourth-order valence-electron chi connectivity index (χ4n) is 2.99. The molecule has 1 N–H and O–H groups in total. The fourth-order valence-corrected chi connectivity index (χ4v) is 2.99. The van der Waals surface area contributed by atoms with Gasteiger partial charge in [-0.1, -0.05) is 35.5 Å². The van der Waals surface area contributed by atoms with Crippen molar-refractivity contribution >= 4 is 11.7 Å². The number of nitrogens with zero attached hydrogens (tertiary/aromatic N) is 3. The highest BCUT2D eigenvalue weighted by molar-refractivity contribution is 5.89. The van der Waals surface area contributed by atoms with Gasteiger partial charge in [-0.3, -0.25) is 0 Å². The Kier molecular flexibility index (Phi) is 5.71. The molecule has 4 rings (SSSR count). The summed E-state index contributed by atoms with van der Waals surface area (Å²) in [5.74, 6) is 1.65. The van der Waals surface area contributed by atoms with Crippen molar-refractivity contribution < 1.29 is 18.8 Å². The van der Waals surface area contributed by atoms with Crippen LogP contribution in [0, 0.1) is 0 Å². The van der Waals surface area contributed by atoms with Crippen LogP contribution < -0.4 is 10.1 Å². The lowest BCUT2D eigenvalue weighted by atomic mass is 10.1. The summed E-state index contributed by atoms with van der Waals surface area (Å²) in [6.45, 7) is 1.55. The number of anilines is 1. The van der Waals surface area contributed by atoms with Crippen LogP contribution in [0.15, 0.2) is 59.1 Å². The molecule has 1 aromatic heterocycles. The Bertz CT molecular complexity index is 954. The number of ether oxygens (including phenoxy) is 2. The number of likely N-dealkylation sites (tertiary alicyclic amines) is 1. The van der Waals surface area contributed by atoms with Gasteiger partial charge in [0.2, 0.25) is 0 Å². The molecule has 1 aliphatic heterocycles. The number of rotatable bonds is 7. The van der Waals surface area contributed by atoms with Gasteiger partial charge in [0, 0.05) is 19.2 Å². The van der Waals surface area contributed by atoms with Crippen LogP contribution in [-0.2, 0) is 11.2 Å². The van der Waals surface area contributed by atoms with E-state index >= 15 is 0 Å². The van der Waals surface area contributed by atoms with Gasteiger partial charge in [-0.05, 0) is 24.3 Å². The lowest BCUT2D eigenvalue weighted by Gasteiger charge is -2.39. The lowest BCUT2D eigenvalue weighted by molar-refractivity contribution is 0.0496. The zero-order valence-electron chi connectivity index (χ0n) is 16.1. The highest BCUT2D eigenvalue weighted by Crippen LogP contribution is 2.30. The van der Waals surface area contributed by atoms with Gasteiger partial charge in [0.25, 0.3) is 5.89 Å². The predicted octanol–water partition coefficient (Wildman–Crippen LogP) is 3.22. The molecule has 0 saturated carbocycles. The van der Waals surface area contributed by atoms with E-state index in [0.717, 1.165) is 11.3 Å². The Labute approximate surface area is 168 Å². The molecule has 1 fully saturated rings. The molecule has 0 aliphatic carbocycles. The number of aromatic nitrogens is 2.